The fraction of sp³-hybridized carbons (Fsp3) is 0.706. The zero-order chi connectivity index (χ0) is 17.3. The van der Waals surface area contributed by atoms with Crippen molar-refractivity contribution in [1.82, 2.24) is 25.3 Å². The second-order valence-electron chi connectivity index (χ2n) is 7.23. The summed E-state index contributed by atoms with van der Waals surface area (Å²) >= 11 is 1.77. The molecule has 1 aliphatic carbocycles. The summed E-state index contributed by atoms with van der Waals surface area (Å²) in [5.41, 5.74) is 0.798. The van der Waals surface area contributed by atoms with Gasteiger partial charge < -0.3 is 10.4 Å². The highest BCUT2D eigenvalue weighted by Gasteiger charge is 2.29. The summed E-state index contributed by atoms with van der Waals surface area (Å²) in [5, 5.41) is 23.4. The molecule has 2 aromatic rings. The van der Waals surface area contributed by atoms with Crippen LogP contribution in [0.25, 0.3) is 0 Å². The molecule has 2 N–H and O–H groups in total. The lowest BCUT2D eigenvalue weighted by molar-refractivity contribution is 0.0736. The molecule has 0 radical (unpaired) electrons. The molecule has 132 valence electrons. The maximum absolute atomic E-state index is 10.1. The first-order chi connectivity index (χ1) is 11.3. The van der Waals surface area contributed by atoms with Gasteiger partial charge in [0.1, 0.15) is 16.3 Å². The van der Waals surface area contributed by atoms with Crippen LogP contribution in [0.3, 0.4) is 0 Å². The second kappa shape index (κ2) is 6.90. The van der Waals surface area contributed by atoms with Gasteiger partial charge in [0, 0.05) is 17.5 Å². The molecule has 7 heteroatoms. The Kier molecular flexibility index (Phi) is 5.03. The lowest BCUT2D eigenvalue weighted by atomic mass is 9.90. The van der Waals surface area contributed by atoms with Crippen molar-refractivity contribution in [2.75, 3.05) is 0 Å². The first-order valence-electron chi connectivity index (χ1n) is 8.65. The Balaban J connectivity index is 1.70. The van der Waals surface area contributed by atoms with Crippen LogP contribution >= 0.6 is 11.3 Å². The van der Waals surface area contributed by atoms with E-state index in [0.717, 1.165) is 30.1 Å². The average Bonchev–Trinajstić information content (AvgIpc) is 3.13. The lowest BCUT2D eigenvalue weighted by Crippen LogP contribution is -2.39. The van der Waals surface area contributed by atoms with Crippen molar-refractivity contribution in [2.24, 2.45) is 0 Å². The number of aryl methyl sites for hydroxylation is 2. The van der Waals surface area contributed by atoms with E-state index < -0.39 is 5.60 Å². The van der Waals surface area contributed by atoms with Crippen molar-refractivity contribution in [3.05, 3.63) is 27.5 Å². The fourth-order valence-corrected chi connectivity index (χ4v) is 4.10. The molecule has 0 bridgehead atoms. The van der Waals surface area contributed by atoms with Crippen molar-refractivity contribution >= 4 is 11.3 Å². The predicted octanol–water partition coefficient (Wildman–Crippen LogP) is 2.85. The average molecular weight is 350 g/mol. The zero-order valence-corrected chi connectivity index (χ0v) is 15.7. The van der Waals surface area contributed by atoms with Crippen LogP contribution in [0.4, 0.5) is 0 Å². The standard InChI is InChI=1S/C17H27N5OS/c1-11-12(2)24-16(19-11)9-18-13-7-5-6-8-14(13)22-10-15(20-21-22)17(3,4)23/h10,13-14,18,23H,5-9H2,1-4H3/t13-,14+/m0/s1. The van der Waals surface area contributed by atoms with Crippen molar-refractivity contribution in [1.29, 1.82) is 0 Å². The summed E-state index contributed by atoms with van der Waals surface area (Å²) in [6.45, 7) is 8.46. The minimum atomic E-state index is -0.953. The smallest absolute Gasteiger partial charge is 0.114 e. The maximum Gasteiger partial charge on any atom is 0.114 e. The molecule has 1 aliphatic rings. The third-order valence-corrected chi connectivity index (χ3v) is 5.87. The van der Waals surface area contributed by atoms with Crippen LogP contribution in [0.1, 0.15) is 66.8 Å². The van der Waals surface area contributed by atoms with Crippen LogP contribution in [0, 0.1) is 13.8 Å². The van der Waals surface area contributed by atoms with Gasteiger partial charge in [-0.25, -0.2) is 9.67 Å². The lowest BCUT2D eigenvalue weighted by Gasteiger charge is -2.32. The van der Waals surface area contributed by atoms with E-state index in [-0.39, 0.29) is 6.04 Å². The van der Waals surface area contributed by atoms with Gasteiger partial charge in [0.05, 0.1) is 17.9 Å². The fourth-order valence-electron chi connectivity index (χ4n) is 3.22. The quantitative estimate of drug-likeness (QED) is 0.868. The molecule has 1 saturated carbocycles. The van der Waals surface area contributed by atoms with E-state index in [1.165, 1.54) is 17.7 Å². The number of hydrogen-bond acceptors (Lipinski definition) is 6. The molecule has 1 fully saturated rings. The first-order valence-corrected chi connectivity index (χ1v) is 9.47. The van der Waals surface area contributed by atoms with E-state index >= 15 is 0 Å². The molecule has 2 atom stereocenters. The number of nitrogens with zero attached hydrogens (tertiary/aromatic N) is 4. The van der Waals surface area contributed by atoms with Gasteiger partial charge in [-0.15, -0.1) is 16.4 Å². The third kappa shape index (κ3) is 3.84. The summed E-state index contributed by atoms with van der Waals surface area (Å²) in [5.74, 6) is 0. The number of thiazole rings is 1. The molecule has 24 heavy (non-hydrogen) atoms. The Morgan fingerprint density at radius 2 is 2.08 bits per heavy atom. The van der Waals surface area contributed by atoms with Crippen LogP contribution in [0.5, 0.6) is 0 Å². The molecule has 0 aliphatic heterocycles. The Bertz CT molecular complexity index is 668. The molecule has 2 heterocycles. The van der Waals surface area contributed by atoms with Gasteiger partial charge in [0.15, 0.2) is 0 Å². The summed E-state index contributed by atoms with van der Waals surface area (Å²) in [6.07, 6.45) is 6.55. The molecular weight excluding hydrogens is 322 g/mol. The number of aromatic nitrogens is 4. The Labute approximate surface area is 147 Å². The molecule has 0 amide bonds. The van der Waals surface area contributed by atoms with Crippen LogP contribution in [-0.2, 0) is 12.1 Å². The van der Waals surface area contributed by atoms with Crippen LogP contribution in [-0.4, -0.2) is 31.1 Å². The van der Waals surface area contributed by atoms with Crippen LogP contribution < -0.4 is 5.32 Å². The molecule has 3 rings (SSSR count). The van der Waals surface area contributed by atoms with Crippen molar-refractivity contribution in [3.8, 4) is 0 Å². The molecule has 0 unspecified atom stereocenters. The van der Waals surface area contributed by atoms with Gasteiger partial charge in [0.2, 0.25) is 0 Å². The van der Waals surface area contributed by atoms with Gasteiger partial charge in [-0.1, -0.05) is 18.1 Å². The largest absolute Gasteiger partial charge is 0.384 e. The molecule has 6 nitrogen and oxygen atoms in total. The van der Waals surface area contributed by atoms with Crippen molar-refractivity contribution in [3.63, 3.8) is 0 Å². The van der Waals surface area contributed by atoms with Gasteiger partial charge >= 0.3 is 0 Å². The Hall–Kier alpha value is -1.31. The molecule has 0 saturated heterocycles. The maximum atomic E-state index is 10.1. The highest BCUT2D eigenvalue weighted by molar-refractivity contribution is 7.11. The van der Waals surface area contributed by atoms with Gasteiger partial charge in [-0.05, 0) is 40.5 Å². The van der Waals surface area contributed by atoms with Crippen LogP contribution in [0.15, 0.2) is 6.20 Å². The van der Waals surface area contributed by atoms with E-state index in [1.54, 1.807) is 25.2 Å². The highest BCUT2D eigenvalue weighted by atomic mass is 32.1. The Morgan fingerprint density at radius 3 is 2.71 bits per heavy atom. The van der Waals surface area contributed by atoms with Gasteiger partial charge in [-0.3, -0.25) is 0 Å². The summed E-state index contributed by atoms with van der Waals surface area (Å²) in [4.78, 5) is 5.91. The Morgan fingerprint density at radius 1 is 1.33 bits per heavy atom. The van der Waals surface area contributed by atoms with E-state index in [4.69, 9.17) is 0 Å². The minimum absolute atomic E-state index is 0.282. The SMILES string of the molecule is Cc1nc(CN[C@H]2CCCC[C@H]2n2cc(C(C)(C)O)nn2)sc1C. The summed E-state index contributed by atoms with van der Waals surface area (Å²) < 4.78 is 1.93. The molecular formula is C17H27N5OS. The van der Waals surface area contributed by atoms with E-state index in [1.807, 2.05) is 10.9 Å². The molecule has 2 aromatic heterocycles. The normalized spacial score (nSPS) is 22.0. The highest BCUT2D eigenvalue weighted by Crippen LogP contribution is 2.30. The van der Waals surface area contributed by atoms with E-state index in [9.17, 15) is 5.11 Å². The van der Waals surface area contributed by atoms with Gasteiger partial charge in [-0.2, -0.15) is 0 Å². The zero-order valence-electron chi connectivity index (χ0n) is 14.9. The third-order valence-electron chi connectivity index (χ3n) is 4.79. The monoisotopic (exact) mass is 349 g/mol. The van der Waals surface area contributed by atoms with E-state index in [2.05, 4.69) is 34.5 Å². The molecule has 0 spiro atoms. The van der Waals surface area contributed by atoms with Gasteiger partial charge in [0.25, 0.3) is 0 Å². The number of hydrogen-bond donors (Lipinski definition) is 2. The topological polar surface area (TPSA) is 75.9 Å². The van der Waals surface area contributed by atoms with Crippen molar-refractivity contribution < 1.29 is 5.11 Å². The van der Waals surface area contributed by atoms with E-state index in [0.29, 0.717) is 11.7 Å². The number of aliphatic hydroxyl groups is 1. The summed E-state index contributed by atoms with van der Waals surface area (Å²) in [6, 6.07) is 0.643. The number of rotatable bonds is 5. The number of nitrogens with one attached hydrogen (secondary N) is 1. The second-order valence-corrected chi connectivity index (χ2v) is 8.52. The summed E-state index contributed by atoms with van der Waals surface area (Å²) in [7, 11) is 0. The van der Waals surface area contributed by atoms with Crippen molar-refractivity contribution in [2.45, 2.75) is 77.6 Å². The molecule has 0 aromatic carbocycles. The van der Waals surface area contributed by atoms with Crippen LogP contribution in [0.2, 0.25) is 0 Å². The predicted molar refractivity (Wildman–Crippen MR) is 95.0 cm³/mol. The first kappa shape index (κ1) is 17.5. The minimum Gasteiger partial charge on any atom is -0.384 e.